The molecule has 0 fully saturated rings. The van der Waals surface area contributed by atoms with Gasteiger partial charge in [-0.25, -0.2) is 4.39 Å². The number of terminal acetylenes is 1. The molecule has 1 amide bonds. The van der Waals surface area contributed by atoms with Gasteiger partial charge >= 0.3 is 0 Å². The van der Waals surface area contributed by atoms with Crippen LogP contribution in [0.4, 0.5) is 10.1 Å². The minimum Gasteiger partial charge on any atom is -0.399 e. The zero-order valence-electron chi connectivity index (χ0n) is 11.7. The Morgan fingerprint density at radius 3 is 2.65 bits per heavy atom. The number of nitrogens with one attached hydrogen (secondary N) is 1. The summed E-state index contributed by atoms with van der Waals surface area (Å²) in [6, 6.07) is 4.41. The van der Waals surface area contributed by atoms with Gasteiger partial charge in [0.1, 0.15) is 11.4 Å². The van der Waals surface area contributed by atoms with Crippen molar-refractivity contribution in [3.8, 4) is 12.3 Å². The summed E-state index contributed by atoms with van der Waals surface area (Å²) < 4.78 is 13.6. The summed E-state index contributed by atoms with van der Waals surface area (Å²) in [5.74, 6) is 2.13. The number of benzene rings is 1. The Morgan fingerprint density at radius 1 is 1.50 bits per heavy atom. The standard InChI is InChI=1S/C15H19FN2OS/c1-4-15(5-2,6-3)18-14(19)10-20-13-8-7-11(17)9-12(13)16/h1,7-9H,5-6,10,17H2,2-3H3,(H,18,19). The Bertz CT molecular complexity index is 521. The summed E-state index contributed by atoms with van der Waals surface area (Å²) in [7, 11) is 0. The predicted octanol–water partition coefficient (Wildman–Crippen LogP) is 2.81. The van der Waals surface area contributed by atoms with E-state index in [-0.39, 0.29) is 11.7 Å². The van der Waals surface area contributed by atoms with E-state index in [2.05, 4.69) is 11.2 Å². The smallest absolute Gasteiger partial charge is 0.231 e. The third-order valence-electron chi connectivity index (χ3n) is 3.18. The van der Waals surface area contributed by atoms with E-state index in [4.69, 9.17) is 12.2 Å². The minimum atomic E-state index is -0.614. The summed E-state index contributed by atoms with van der Waals surface area (Å²) in [6.45, 7) is 3.85. The molecule has 0 aliphatic carbocycles. The summed E-state index contributed by atoms with van der Waals surface area (Å²) >= 11 is 1.12. The molecule has 3 N–H and O–H groups in total. The lowest BCUT2D eigenvalue weighted by atomic mass is 9.94. The van der Waals surface area contributed by atoms with Crippen molar-refractivity contribution >= 4 is 23.4 Å². The molecule has 20 heavy (non-hydrogen) atoms. The van der Waals surface area contributed by atoms with Crippen molar-refractivity contribution in [2.75, 3.05) is 11.5 Å². The molecular formula is C15H19FN2OS. The second kappa shape index (κ2) is 7.20. The molecule has 0 unspecified atom stereocenters. The molecule has 0 bridgehead atoms. The number of carbonyl (C=O) groups excluding carboxylic acids is 1. The molecule has 0 spiro atoms. The van der Waals surface area contributed by atoms with E-state index >= 15 is 0 Å². The van der Waals surface area contributed by atoms with E-state index in [1.54, 1.807) is 12.1 Å². The predicted molar refractivity (Wildman–Crippen MR) is 81.8 cm³/mol. The third-order valence-corrected chi connectivity index (χ3v) is 4.23. The molecule has 0 aliphatic rings. The molecule has 0 saturated heterocycles. The van der Waals surface area contributed by atoms with Gasteiger partial charge in [0, 0.05) is 10.6 Å². The number of hydrogen-bond donors (Lipinski definition) is 2. The molecule has 1 aromatic carbocycles. The summed E-state index contributed by atoms with van der Waals surface area (Å²) in [4.78, 5) is 12.3. The summed E-state index contributed by atoms with van der Waals surface area (Å²) in [5, 5.41) is 2.84. The average molecular weight is 294 g/mol. The van der Waals surface area contributed by atoms with Crippen molar-refractivity contribution in [1.82, 2.24) is 5.32 Å². The zero-order chi connectivity index (χ0) is 15.2. The minimum absolute atomic E-state index is 0.115. The molecule has 5 heteroatoms. The monoisotopic (exact) mass is 294 g/mol. The first-order valence-corrected chi connectivity index (χ1v) is 7.41. The highest BCUT2D eigenvalue weighted by Crippen LogP contribution is 2.23. The van der Waals surface area contributed by atoms with Crippen LogP contribution in [0.2, 0.25) is 0 Å². The summed E-state index contributed by atoms with van der Waals surface area (Å²) in [6.07, 6.45) is 6.80. The molecule has 0 saturated carbocycles. The first-order chi connectivity index (χ1) is 9.46. The van der Waals surface area contributed by atoms with Crippen LogP contribution in [0.1, 0.15) is 26.7 Å². The normalized spacial score (nSPS) is 10.9. The Balaban J connectivity index is 2.62. The first-order valence-electron chi connectivity index (χ1n) is 6.43. The van der Waals surface area contributed by atoms with Gasteiger partial charge in [0.25, 0.3) is 0 Å². The van der Waals surface area contributed by atoms with Gasteiger partial charge in [-0.15, -0.1) is 18.2 Å². The molecule has 1 rings (SSSR count). The Kier molecular flexibility index (Phi) is 5.90. The van der Waals surface area contributed by atoms with Crippen molar-refractivity contribution < 1.29 is 9.18 Å². The Hall–Kier alpha value is -1.67. The fourth-order valence-electron chi connectivity index (χ4n) is 1.75. The lowest BCUT2D eigenvalue weighted by Crippen LogP contribution is -2.47. The number of hydrogen-bond acceptors (Lipinski definition) is 3. The molecule has 0 aliphatic heterocycles. The van der Waals surface area contributed by atoms with E-state index in [9.17, 15) is 9.18 Å². The van der Waals surface area contributed by atoms with E-state index < -0.39 is 11.4 Å². The molecule has 108 valence electrons. The highest BCUT2D eigenvalue weighted by atomic mass is 32.2. The van der Waals surface area contributed by atoms with Crippen molar-refractivity contribution in [2.24, 2.45) is 0 Å². The third kappa shape index (κ3) is 4.17. The van der Waals surface area contributed by atoms with Crippen LogP contribution in [-0.2, 0) is 4.79 Å². The summed E-state index contributed by atoms with van der Waals surface area (Å²) in [5.41, 5.74) is 5.22. The van der Waals surface area contributed by atoms with Gasteiger partial charge < -0.3 is 11.1 Å². The van der Waals surface area contributed by atoms with Gasteiger partial charge in [0.2, 0.25) is 5.91 Å². The van der Waals surface area contributed by atoms with E-state index in [0.717, 1.165) is 11.8 Å². The number of carbonyl (C=O) groups is 1. The molecule has 0 radical (unpaired) electrons. The van der Waals surface area contributed by atoms with Crippen molar-refractivity contribution in [3.05, 3.63) is 24.0 Å². The largest absolute Gasteiger partial charge is 0.399 e. The molecule has 0 aromatic heterocycles. The molecule has 0 atom stereocenters. The molecule has 1 aromatic rings. The average Bonchev–Trinajstić information content (AvgIpc) is 2.44. The second-order valence-corrected chi connectivity index (χ2v) is 5.48. The van der Waals surface area contributed by atoms with Crippen LogP contribution in [0, 0.1) is 18.2 Å². The van der Waals surface area contributed by atoms with Crippen LogP contribution in [0.15, 0.2) is 23.1 Å². The number of nitrogen functional groups attached to an aromatic ring is 1. The van der Waals surface area contributed by atoms with Crippen LogP contribution < -0.4 is 11.1 Å². The van der Waals surface area contributed by atoms with Crippen molar-refractivity contribution in [2.45, 2.75) is 37.1 Å². The fraction of sp³-hybridized carbons (Fsp3) is 0.400. The zero-order valence-corrected chi connectivity index (χ0v) is 12.5. The van der Waals surface area contributed by atoms with Gasteiger partial charge in [-0.05, 0) is 31.0 Å². The van der Waals surface area contributed by atoms with E-state index in [1.807, 2.05) is 13.8 Å². The van der Waals surface area contributed by atoms with E-state index in [1.165, 1.54) is 6.07 Å². The second-order valence-electron chi connectivity index (χ2n) is 4.46. The number of thioether (sulfide) groups is 1. The van der Waals surface area contributed by atoms with Crippen LogP contribution in [-0.4, -0.2) is 17.2 Å². The maximum Gasteiger partial charge on any atom is 0.231 e. The maximum absolute atomic E-state index is 13.6. The maximum atomic E-state index is 13.6. The Morgan fingerprint density at radius 2 is 2.15 bits per heavy atom. The van der Waals surface area contributed by atoms with Gasteiger partial charge in [0.15, 0.2) is 0 Å². The van der Waals surface area contributed by atoms with Gasteiger partial charge in [-0.2, -0.15) is 0 Å². The number of anilines is 1. The quantitative estimate of drug-likeness (QED) is 0.482. The Labute approximate surface area is 123 Å². The van der Waals surface area contributed by atoms with Gasteiger partial charge in [-0.1, -0.05) is 19.8 Å². The highest BCUT2D eigenvalue weighted by Gasteiger charge is 2.25. The number of nitrogens with two attached hydrogens (primary N) is 1. The molecule has 0 heterocycles. The highest BCUT2D eigenvalue weighted by molar-refractivity contribution is 8.00. The van der Waals surface area contributed by atoms with Crippen molar-refractivity contribution in [1.29, 1.82) is 0 Å². The number of rotatable bonds is 6. The van der Waals surface area contributed by atoms with Crippen LogP contribution in [0.5, 0.6) is 0 Å². The van der Waals surface area contributed by atoms with Crippen molar-refractivity contribution in [3.63, 3.8) is 0 Å². The van der Waals surface area contributed by atoms with Crippen LogP contribution in [0.3, 0.4) is 0 Å². The first kappa shape index (κ1) is 16.4. The van der Waals surface area contributed by atoms with Crippen LogP contribution >= 0.6 is 11.8 Å². The van der Waals surface area contributed by atoms with E-state index in [0.29, 0.717) is 23.4 Å². The number of halogens is 1. The number of amides is 1. The van der Waals surface area contributed by atoms with Gasteiger partial charge in [0.05, 0.1) is 5.75 Å². The molecule has 3 nitrogen and oxygen atoms in total. The molecular weight excluding hydrogens is 275 g/mol. The lowest BCUT2D eigenvalue weighted by molar-refractivity contribution is -0.119. The van der Waals surface area contributed by atoms with Gasteiger partial charge in [-0.3, -0.25) is 4.79 Å². The lowest BCUT2D eigenvalue weighted by Gasteiger charge is -2.26. The SMILES string of the molecule is C#CC(CC)(CC)NC(=O)CSc1ccc(N)cc1F. The topological polar surface area (TPSA) is 55.1 Å². The van der Waals surface area contributed by atoms with Crippen LogP contribution in [0.25, 0.3) is 0 Å². The fourth-order valence-corrected chi connectivity index (χ4v) is 2.47.